The monoisotopic (exact) mass is 275 g/mol. The van der Waals surface area contributed by atoms with Crippen molar-refractivity contribution < 1.29 is 5.11 Å². The summed E-state index contributed by atoms with van der Waals surface area (Å²) in [6, 6.07) is 9.25. The normalized spacial score (nSPS) is 18.2. The molecule has 0 aliphatic heterocycles. The van der Waals surface area contributed by atoms with Crippen LogP contribution in [0.15, 0.2) is 24.3 Å². The van der Waals surface area contributed by atoms with Gasteiger partial charge in [0.1, 0.15) is 0 Å². The van der Waals surface area contributed by atoms with Crippen LogP contribution in [0.4, 0.5) is 0 Å². The van der Waals surface area contributed by atoms with Gasteiger partial charge >= 0.3 is 0 Å². The molecule has 2 atom stereocenters. The Morgan fingerprint density at radius 3 is 2.25 bits per heavy atom. The Morgan fingerprint density at radius 2 is 1.75 bits per heavy atom. The molecule has 1 aliphatic carbocycles. The Bertz CT molecular complexity index is 392. The largest absolute Gasteiger partial charge is 0.392 e. The van der Waals surface area contributed by atoms with Gasteiger partial charge in [-0.15, -0.1) is 0 Å². The molecule has 1 aromatic rings. The molecule has 2 heteroatoms. The van der Waals surface area contributed by atoms with E-state index in [0.717, 1.165) is 18.8 Å². The molecule has 112 valence electrons. The summed E-state index contributed by atoms with van der Waals surface area (Å²) in [5, 5.41) is 13.9. The molecule has 0 saturated heterocycles. The molecular formula is C18H29NO. The van der Waals surface area contributed by atoms with Gasteiger partial charge in [0.05, 0.1) is 6.10 Å². The van der Waals surface area contributed by atoms with E-state index in [2.05, 4.69) is 50.4 Å². The van der Waals surface area contributed by atoms with Crippen molar-refractivity contribution in [2.24, 2.45) is 11.8 Å². The Balaban J connectivity index is 1.95. The molecule has 2 nitrogen and oxygen atoms in total. The predicted molar refractivity (Wildman–Crippen MR) is 84.7 cm³/mol. The van der Waals surface area contributed by atoms with Crippen LogP contribution in [0.2, 0.25) is 0 Å². The number of aryl methyl sites for hydroxylation is 1. The van der Waals surface area contributed by atoms with Crippen molar-refractivity contribution in [1.82, 2.24) is 5.32 Å². The molecule has 0 radical (unpaired) electrons. The molecule has 1 saturated carbocycles. The lowest BCUT2D eigenvalue weighted by Crippen LogP contribution is -2.35. The second-order valence-corrected chi connectivity index (χ2v) is 6.28. The van der Waals surface area contributed by atoms with E-state index in [9.17, 15) is 5.11 Å². The average molecular weight is 275 g/mol. The molecule has 0 aromatic heterocycles. The first-order valence-corrected chi connectivity index (χ1v) is 8.13. The molecule has 1 aromatic carbocycles. The van der Waals surface area contributed by atoms with Crippen molar-refractivity contribution >= 4 is 0 Å². The van der Waals surface area contributed by atoms with Gasteiger partial charge < -0.3 is 10.4 Å². The molecule has 1 aliphatic rings. The fraction of sp³-hybridized carbons (Fsp3) is 0.667. The van der Waals surface area contributed by atoms with Crippen molar-refractivity contribution in [3.8, 4) is 0 Å². The van der Waals surface area contributed by atoms with E-state index in [1.165, 1.54) is 24.0 Å². The number of aliphatic hydroxyl groups is 1. The first-order chi connectivity index (χ1) is 9.65. The smallest absolute Gasteiger partial charge is 0.0692 e. The highest BCUT2D eigenvalue weighted by molar-refractivity contribution is 5.25. The van der Waals surface area contributed by atoms with E-state index in [-0.39, 0.29) is 6.10 Å². The second kappa shape index (κ2) is 7.24. The summed E-state index contributed by atoms with van der Waals surface area (Å²) in [4.78, 5) is 0. The number of benzene rings is 1. The summed E-state index contributed by atoms with van der Waals surface area (Å²) in [6.07, 6.45) is 4.51. The first kappa shape index (κ1) is 15.5. The zero-order valence-corrected chi connectivity index (χ0v) is 13.1. The van der Waals surface area contributed by atoms with Crippen LogP contribution < -0.4 is 5.32 Å². The lowest BCUT2D eigenvalue weighted by molar-refractivity contribution is 0.0973. The van der Waals surface area contributed by atoms with Crippen LogP contribution in [0.5, 0.6) is 0 Å². The van der Waals surface area contributed by atoms with Crippen molar-refractivity contribution in [2.45, 2.75) is 58.6 Å². The van der Waals surface area contributed by atoms with E-state index >= 15 is 0 Å². The fourth-order valence-electron chi connectivity index (χ4n) is 3.01. The molecule has 0 spiro atoms. The highest BCUT2D eigenvalue weighted by Gasteiger charge is 2.32. The highest BCUT2D eigenvalue weighted by Crippen LogP contribution is 2.41. The van der Waals surface area contributed by atoms with Gasteiger partial charge in [-0.2, -0.15) is 0 Å². The highest BCUT2D eigenvalue weighted by atomic mass is 16.3. The summed E-state index contributed by atoms with van der Waals surface area (Å²) in [5.74, 6) is 1.17. The van der Waals surface area contributed by atoms with Crippen LogP contribution >= 0.6 is 0 Å². The topological polar surface area (TPSA) is 32.3 Å². The molecular weight excluding hydrogens is 246 g/mol. The van der Waals surface area contributed by atoms with Crippen molar-refractivity contribution in [2.75, 3.05) is 6.54 Å². The van der Waals surface area contributed by atoms with Crippen molar-refractivity contribution in [3.63, 3.8) is 0 Å². The van der Waals surface area contributed by atoms with Crippen LogP contribution in [0.3, 0.4) is 0 Å². The number of aliphatic hydroxyl groups excluding tert-OH is 1. The maximum atomic E-state index is 10.3. The fourth-order valence-corrected chi connectivity index (χ4v) is 3.01. The third-order valence-corrected chi connectivity index (χ3v) is 4.67. The summed E-state index contributed by atoms with van der Waals surface area (Å²) < 4.78 is 0. The molecule has 1 fully saturated rings. The third kappa shape index (κ3) is 4.07. The van der Waals surface area contributed by atoms with Crippen molar-refractivity contribution in [3.05, 3.63) is 35.4 Å². The van der Waals surface area contributed by atoms with E-state index in [1.54, 1.807) is 0 Å². The van der Waals surface area contributed by atoms with E-state index in [0.29, 0.717) is 18.5 Å². The maximum Gasteiger partial charge on any atom is 0.0692 e. The molecule has 20 heavy (non-hydrogen) atoms. The zero-order chi connectivity index (χ0) is 14.5. The van der Waals surface area contributed by atoms with Gasteiger partial charge in [0.25, 0.3) is 0 Å². The summed E-state index contributed by atoms with van der Waals surface area (Å²) >= 11 is 0. The molecule has 0 heterocycles. The maximum absolute atomic E-state index is 10.3. The number of nitrogens with one attached hydrogen (secondary N) is 1. The van der Waals surface area contributed by atoms with Crippen LogP contribution in [0.1, 0.15) is 56.7 Å². The number of rotatable bonds is 8. The van der Waals surface area contributed by atoms with E-state index < -0.39 is 0 Å². The summed E-state index contributed by atoms with van der Waals surface area (Å²) in [7, 11) is 0. The summed E-state index contributed by atoms with van der Waals surface area (Å²) in [6.45, 7) is 7.16. The van der Waals surface area contributed by atoms with Crippen molar-refractivity contribution in [1.29, 1.82) is 0 Å². The first-order valence-electron chi connectivity index (χ1n) is 8.13. The molecule has 2 N–H and O–H groups in total. The van der Waals surface area contributed by atoms with Crippen LogP contribution in [-0.4, -0.2) is 17.8 Å². The van der Waals surface area contributed by atoms with Gasteiger partial charge in [0.15, 0.2) is 0 Å². The van der Waals surface area contributed by atoms with Crippen LogP contribution in [0, 0.1) is 18.8 Å². The zero-order valence-electron chi connectivity index (χ0n) is 13.1. The number of hydrogen-bond acceptors (Lipinski definition) is 2. The number of hydrogen-bond donors (Lipinski definition) is 2. The van der Waals surface area contributed by atoms with Gasteiger partial charge in [0, 0.05) is 12.6 Å². The molecule has 0 bridgehead atoms. The Hall–Kier alpha value is -0.860. The van der Waals surface area contributed by atoms with E-state index in [1.807, 2.05) is 0 Å². The van der Waals surface area contributed by atoms with Crippen LogP contribution in [-0.2, 0) is 0 Å². The minimum absolute atomic E-state index is 0.225. The lowest BCUT2D eigenvalue weighted by atomic mass is 9.95. The Morgan fingerprint density at radius 1 is 1.15 bits per heavy atom. The molecule has 0 amide bonds. The molecule has 2 unspecified atom stereocenters. The third-order valence-electron chi connectivity index (χ3n) is 4.67. The quantitative estimate of drug-likeness (QED) is 0.755. The molecule has 2 rings (SSSR count). The van der Waals surface area contributed by atoms with Gasteiger partial charge in [-0.25, -0.2) is 0 Å². The SMILES string of the molecule is CCC(CC)C(O)CNC(c1ccc(C)cc1)C1CC1. The lowest BCUT2D eigenvalue weighted by Gasteiger charge is -2.25. The Kier molecular flexibility index (Phi) is 5.62. The standard InChI is InChI=1S/C18H29NO/c1-4-14(5-2)17(20)12-19-18(16-10-11-16)15-8-6-13(3)7-9-15/h6-9,14,16-20H,4-5,10-12H2,1-3H3. The van der Waals surface area contributed by atoms with Gasteiger partial charge in [-0.1, -0.05) is 56.5 Å². The van der Waals surface area contributed by atoms with Gasteiger partial charge in [-0.05, 0) is 37.2 Å². The Labute approximate surface area is 123 Å². The van der Waals surface area contributed by atoms with Crippen LogP contribution in [0.25, 0.3) is 0 Å². The average Bonchev–Trinajstić information content (AvgIpc) is 3.27. The minimum Gasteiger partial charge on any atom is -0.392 e. The predicted octanol–water partition coefficient (Wildman–Crippen LogP) is 3.83. The van der Waals surface area contributed by atoms with E-state index in [4.69, 9.17) is 0 Å². The van der Waals surface area contributed by atoms with Gasteiger partial charge in [-0.3, -0.25) is 0 Å². The minimum atomic E-state index is -0.225. The van der Waals surface area contributed by atoms with Gasteiger partial charge in [0.2, 0.25) is 0 Å². The second-order valence-electron chi connectivity index (χ2n) is 6.28. The summed E-state index contributed by atoms with van der Waals surface area (Å²) in [5.41, 5.74) is 2.68.